The number of benzene rings is 1. The van der Waals surface area contributed by atoms with Crippen LogP contribution in [0.3, 0.4) is 0 Å². The standard InChI is InChI=1S/C11H11N2/c1-2-4-10(5-3-1)6-7-11-8-12-9-13-11/h1-5,7-9H,6H2,(H,12,13). The van der Waals surface area contributed by atoms with E-state index in [1.807, 2.05) is 24.4 Å². The maximum atomic E-state index is 4.12. The van der Waals surface area contributed by atoms with E-state index in [4.69, 9.17) is 0 Å². The highest BCUT2D eigenvalue weighted by Gasteiger charge is 1.95. The molecule has 0 amide bonds. The molecule has 2 nitrogen and oxygen atoms in total. The minimum atomic E-state index is 0.936. The Morgan fingerprint density at radius 3 is 2.77 bits per heavy atom. The van der Waals surface area contributed by atoms with Gasteiger partial charge in [-0.1, -0.05) is 30.3 Å². The van der Waals surface area contributed by atoms with Gasteiger partial charge in [-0.25, -0.2) is 4.98 Å². The van der Waals surface area contributed by atoms with Gasteiger partial charge in [-0.15, -0.1) is 0 Å². The van der Waals surface area contributed by atoms with E-state index < -0.39 is 0 Å². The van der Waals surface area contributed by atoms with Crippen molar-refractivity contribution in [1.82, 2.24) is 9.97 Å². The molecule has 2 heteroatoms. The van der Waals surface area contributed by atoms with Crippen molar-refractivity contribution in [1.29, 1.82) is 0 Å². The van der Waals surface area contributed by atoms with Crippen LogP contribution in [0.15, 0.2) is 42.9 Å². The molecule has 1 aromatic carbocycles. The summed E-state index contributed by atoms with van der Waals surface area (Å²) in [6, 6.07) is 10.4. The summed E-state index contributed by atoms with van der Waals surface area (Å²) >= 11 is 0. The van der Waals surface area contributed by atoms with Crippen molar-refractivity contribution >= 4 is 0 Å². The fraction of sp³-hybridized carbons (Fsp3) is 0.0909. The third kappa shape index (κ3) is 2.18. The Bertz CT molecular complexity index is 338. The zero-order valence-electron chi connectivity index (χ0n) is 7.27. The summed E-state index contributed by atoms with van der Waals surface area (Å²) in [5.74, 6) is 0. The van der Waals surface area contributed by atoms with Crippen LogP contribution in [0.2, 0.25) is 0 Å². The number of nitrogens with one attached hydrogen (secondary N) is 1. The van der Waals surface area contributed by atoms with Gasteiger partial charge in [0.2, 0.25) is 0 Å². The number of nitrogens with zero attached hydrogens (tertiary/aromatic N) is 1. The molecule has 1 heterocycles. The third-order valence-electron chi connectivity index (χ3n) is 1.91. The molecule has 0 saturated heterocycles. The number of H-pyrrole nitrogens is 1. The monoisotopic (exact) mass is 171 g/mol. The number of aromatic amines is 1. The zero-order chi connectivity index (χ0) is 8.93. The van der Waals surface area contributed by atoms with Crippen LogP contribution in [0.1, 0.15) is 11.3 Å². The van der Waals surface area contributed by atoms with Crippen LogP contribution >= 0.6 is 0 Å². The lowest BCUT2D eigenvalue weighted by molar-refractivity contribution is 1.12. The molecule has 2 aromatic rings. The first kappa shape index (κ1) is 8.05. The molecular weight excluding hydrogens is 160 g/mol. The first-order chi connectivity index (χ1) is 6.45. The highest BCUT2D eigenvalue weighted by molar-refractivity contribution is 5.20. The average Bonchev–Trinajstić information content (AvgIpc) is 2.69. The van der Waals surface area contributed by atoms with Gasteiger partial charge in [0, 0.05) is 12.6 Å². The minimum absolute atomic E-state index is 0.936. The summed E-state index contributed by atoms with van der Waals surface area (Å²) in [7, 11) is 0. The van der Waals surface area contributed by atoms with Crippen molar-refractivity contribution in [2.45, 2.75) is 6.42 Å². The Balaban J connectivity index is 1.94. The predicted octanol–water partition coefficient (Wildman–Crippen LogP) is 2.20. The van der Waals surface area contributed by atoms with Crippen molar-refractivity contribution in [3.8, 4) is 0 Å². The molecule has 0 aliphatic carbocycles. The summed E-state index contributed by atoms with van der Waals surface area (Å²) in [6.45, 7) is 0. The molecule has 65 valence electrons. The molecule has 0 spiro atoms. The second-order valence-electron chi connectivity index (χ2n) is 2.89. The van der Waals surface area contributed by atoms with E-state index >= 15 is 0 Å². The highest BCUT2D eigenvalue weighted by atomic mass is 14.9. The summed E-state index contributed by atoms with van der Waals surface area (Å²) in [5.41, 5.74) is 2.31. The van der Waals surface area contributed by atoms with Gasteiger partial charge >= 0.3 is 0 Å². The number of aromatic nitrogens is 2. The second kappa shape index (κ2) is 3.90. The van der Waals surface area contributed by atoms with Gasteiger partial charge in [0.25, 0.3) is 0 Å². The summed E-state index contributed by atoms with van der Waals surface area (Å²) in [5, 5.41) is 0. The molecule has 0 aliphatic heterocycles. The van der Waals surface area contributed by atoms with E-state index in [0.717, 1.165) is 12.1 Å². The van der Waals surface area contributed by atoms with Crippen LogP contribution in [0.25, 0.3) is 0 Å². The van der Waals surface area contributed by atoms with Gasteiger partial charge in [-0.3, -0.25) is 0 Å². The van der Waals surface area contributed by atoms with Crippen LogP contribution in [0.5, 0.6) is 0 Å². The van der Waals surface area contributed by atoms with Crippen molar-refractivity contribution in [2.24, 2.45) is 0 Å². The molecule has 0 fully saturated rings. The Hall–Kier alpha value is -1.57. The van der Waals surface area contributed by atoms with Gasteiger partial charge in [-0.2, -0.15) is 0 Å². The third-order valence-corrected chi connectivity index (χ3v) is 1.91. The predicted molar refractivity (Wildman–Crippen MR) is 52.1 cm³/mol. The lowest BCUT2D eigenvalue weighted by Gasteiger charge is -1.96. The van der Waals surface area contributed by atoms with Gasteiger partial charge in [0.15, 0.2) is 0 Å². The van der Waals surface area contributed by atoms with Crippen molar-refractivity contribution in [3.05, 3.63) is 60.5 Å². The van der Waals surface area contributed by atoms with Crippen molar-refractivity contribution < 1.29 is 0 Å². The largest absolute Gasteiger partial charge is 0.351 e. The SMILES string of the molecule is [CH](Cc1ccccc1)c1c[nH]cn1. The molecule has 0 aliphatic rings. The number of hydrogen-bond acceptors (Lipinski definition) is 1. The number of hydrogen-bond donors (Lipinski definition) is 1. The van der Waals surface area contributed by atoms with E-state index in [0.29, 0.717) is 0 Å². The van der Waals surface area contributed by atoms with Crippen LogP contribution in [0, 0.1) is 6.42 Å². The lowest BCUT2D eigenvalue weighted by atomic mass is 10.1. The highest BCUT2D eigenvalue weighted by Crippen LogP contribution is 2.05. The molecule has 2 rings (SSSR count). The summed E-state index contributed by atoms with van der Waals surface area (Å²) in [4.78, 5) is 7.04. The smallest absolute Gasteiger partial charge is 0.0923 e. The molecular formula is C11H11N2. The average molecular weight is 171 g/mol. The summed E-state index contributed by atoms with van der Waals surface area (Å²) in [6.07, 6.45) is 6.62. The molecule has 1 N–H and O–H groups in total. The molecule has 0 unspecified atom stereocenters. The first-order valence-electron chi connectivity index (χ1n) is 4.31. The van der Waals surface area contributed by atoms with Crippen LogP contribution in [-0.4, -0.2) is 9.97 Å². The Kier molecular flexibility index (Phi) is 2.41. The van der Waals surface area contributed by atoms with Crippen molar-refractivity contribution in [2.75, 3.05) is 0 Å². The molecule has 0 bridgehead atoms. The molecule has 0 atom stereocenters. The fourth-order valence-electron chi connectivity index (χ4n) is 1.22. The topological polar surface area (TPSA) is 28.7 Å². The molecule has 13 heavy (non-hydrogen) atoms. The van der Waals surface area contributed by atoms with Gasteiger partial charge in [0.05, 0.1) is 12.0 Å². The molecule has 0 saturated carbocycles. The summed E-state index contributed by atoms with van der Waals surface area (Å²) < 4.78 is 0. The van der Waals surface area contributed by atoms with Gasteiger partial charge in [0.1, 0.15) is 0 Å². The second-order valence-corrected chi connectivity index (χ2v) is 2.89. The Labute approximate surface area is 77.6 Å². The van der Waals surface area contributed by atoms with E-state index in [1.165, 1.54) is 5.56 Å². The van der Waals surface area contributed by atoms with Gasteiger partial charge < -0.3 is 4.98 Å². The fourth-order valence-corrected chi connectivity index (χ4v) is 1.22. The zero-order valence-corrected chi connectivity index (χ0v) is 7.27. The quantitative estimate of drug-likeness (QED) is 0.753. The van der Waals surface area contributed by atoms with E-state index in [9.17, 15) is 0 Å². The molecule has 1 aromatic heterocycles. The lowest BCUT2D eigenvalue weighted by Crippen LogP contribution is -1.87. The Morgan fingerprint density at radius 2 is 2.08 bits per heavy atom. The van der Waals surface area contributed by atoms with Crippen molar-refractivity contribution in [3.63, 3.8) is 0 Å². The van der Waals surface area contributed by atoms with E-state index in [1.54, 1.807) is 6.33 Å². The molecule has 1 radical (unpaired) electrons. The van der Waals surface area contributed by atoms with Crippen LogP contribution in [0.4, 0.5) is 0 Å². The maximum Gasteiger partial charge on any atom is 0.0923 e. The Morgan fingerprint density at radius 1 is 1.23 bits per heavy atom. The minimum Gasteiger partial charge on any atom is -0.351 e. The van der Waals surface area contributed by atoms with Crippen LogP contribution < -0.4 is 0 Å². The normalized spacial score (nSPS) is 10.2. The van der Waals surface area contributed by atoms with E-state index in [2.05, 4.69) is 28.5 Å². The first-order valence-corrected chi connectivity index (χ1v) is 4.31. The van der Waals surface area contributed by atoms with Crippen LogP contribution in [-0.2, 0) is 6.42 Å². The van der Waals surface area contributed by atoms with Gasteiger partial charge in [-0.05, 0) is 12.0 Å². The number of imidazole rings is 1. The maximum absolute atomic E-state index is 4.12. The van der Waals surface area contributed by atoms with E-state index in [-0.39, 0.29) is 0 Å². The number of rotatable bonds is 3.